The van der Waals surface area contributed by atoms with Crippen molar-refractivity contribution in [3.63, 3.8) is 0 Å². The molecule has 1 amide bonds. The Kier molecular flexibility index (Phi) is 10.9. The summed E-state index contributed by atoms with van der Waals surface area (Å²) in [6, 6.07) is 12.3. The molecule has 0 aliphatic heterocycles. The number of carbonyl (C=O) groups excluding carboxylic acids is 1. The highest BCUT2D eigenvalue weighted by Crippen LogP contribution is 2.35. The lowest BCUT2D eigenvalue weighted by atomic mass is 9.75. The molecular formula is C32H49NO2. The van der Waals surface area contributed by atoms with E-state index in [0.29, 0.717) is 6.42 Å². The fourth-order valence-electron chi connectivity index (χ4n) is 4.66. The maximum Gasteiger partial charge on any atom is 0.224 e. The van der Waals surface area contributed by atoms with Crippen molar-refractivity contribution in [3.8, 4) is 5.75 Å². The van der Waals surface area contributed by atoms with E-state index in [1.807, 2.05) is 24.3 Å². The van der Waals surface area contributed by atoms with Crippen LogP contribution in [0.15, 0.2) is 36.4 Å². The molecule has 3 nitrogen and oxygen atoms in total. The standard InChI is InChI=1S/C32H49NO2/c1-9-10-11-12-13-14-21-35-27-18-16-26(17-19-27)33-30(34)20-15-25-22-28(31(3,4)5)24(2)29(23-25)32(6,7)8/h16-19,22-23H,9-15,20-21H2,1-8H3,(H,33,34). The summed E-state index contributed by atoms with van der Waals surface area (Å²) in [6.07, 6.45) is 8.74. The minimum absolute atomic E-state index is 0.0425. The molecule has 1 N–H and O–H groups in total. The molecule has 0 aliphatic carbocycles. The first-order valence-corrected chi connectivity index (χ1v) is 13.6. The fraction of sp³-hybridized carbons (Fsp3) is 0.594. The maximum atomic E-state index is 12.7. The third-order valence-corrected chi connectivity index (χ3v) is 6.63. The Labute approximate surface area is 215 Å². The molecule has 0 bridgehead atoms. The van der Waals surface area contributed by atoms with Gasteiger partial charge in [-0.05, 0) is 77.1 Å². The lowest BCUT2D eigenvalue weighted by Gasteiger charge is -2.30. The van der Waals surface area contributed by atoms with Gasteiger partial charge in [0.25, 0.3) is 0 Å². The number of anilines is 1. The molecule has 2 aromatic rings. The van der Waals surface area contributed by atoms with E-state index >= 15 is 0 Å². The Morgan fingerprint density at radius 2 is 1.37 bits per heavy atom. The van der Waals surface area contributed by atoms with Gasteiger partial charge in [-0.25, -0.2) is 0 Å². The summed E-state index contributed by atoms with van der Waals surface area (Å²) in [5, 5.41) is 3.04. The molecule has 35 heavy (non-hydrogen) atoms. The van der Waals surface area contributed by atoms with Gasteiger partial charge in [-0.1, -0.05) is 92.7 Å². The van der Waals surface area contributed by atoms with Crippen LogP contribution >= 0.6 is 0 Å². The van der Waals surface area contributed by atoms with Gasteiger partial charge in [0.1, 0.15) is 5.75 Å². The molecule has 2 aromatic carbocycles. The summed E-state index contributed by atoms with van der Waals surface area (Å²) >= 11 is 0. The molecule has 2 rings (SSSR count). The first-order valence-electron chi connectivity index (χ1n) is 13.6. The van der Waals surface area contributed by atoms with Crippen LogP contribution in [0.1, 0.15) is 116 Å². The molecule has 0 aromatic heterocycles. The third-order valence-electron chi connectivity index (χ3n) is 6.63. The van der Waals surface area contributed by atoms with Crippen LogP contribution in [0.25, 0.3) is 0 Å². The largest absolute Gasteiger partial charge is 0.494 e. The predicted molar refractivity (Wildman–Crippen MR) is 151 cm³/mol. The number of benzene rings is 2. The second kappa shape index (κ2) is 13.1. The fourth-order valence-corrected chi connectivity index (χ4v) is 4.66. The Morgan fingerprint density at radius 1 is 0.829 bits per heavy atom. The van der Waals surface area contributed by atoms with E-state index in [4.69, 9.17) is 4.74 Å². The second-order valence-electron chi connectivity index (χ2n) is 12.0. The molecule has 0 unspecified atom stereocenters. The second-order valence-corrected chi connectivity index (χ2v) is 12.0. The number of rotatable bonds is 12. The lowest BCUT2D eigenvalue weighted by molar-refractivity contribution is -0.116. The van der Waals surface area contributed by atoms with Crippen molar-refractivity contribution in [3.05, 3.63) is 58.7 Å². The molecule has 0 heterocycles. The molecule has 0 aliphatic rings. The normalized spacial score (nSPS) is 12.0. The van der Waals surface area contributed by atoms with Crippen molar-refractivity contribution in [1.82, 2.24) is 0 Å². The van der Waals surface area contributed by atoms with E-state index in [0.717, 1.165) is 30.9 Å². The zero-order valence-electron chi connectivity index (χ0n) is 23.6. The highest BCUT2D eigenvalue weighted by Gasteiger charge is 2.24. The smallest absolute Gasteiger partial charge is 0.224 e. The SMILES string of the molecule is CCCCCCCCOc1ccc(NC(=O)CCc2cc(C(C)(C)C)c(C)c(C(C)(C)C)c2)cc1. The van der Waals surface area contributed by atoms with Gasteiger partial charge in [-0.15, -0.1) is 0 Å². The highest BCUT2D eigenvalue weighted by atomic mass is 16.5. The van der Waals surface area contributed by atoms with Gasteiger partial charge < -0.3 is 10.1 Å². The number of hydrogen-bond acceptors (Lipinski definition) is 2. The first kappa shape index (κ1) is 28.9. The quantitative estimate of drug-likeness (QED) is 0.309. The van der Waals surface area contributed by atoms with Crippen LogP contribution in [-0.4, -0.2) is 12.5 Å². The number of hydrogen-bond donors (Lipinski definition) is 1. The van der Waals surface area contributed by atoms with Crippen molar-refractivity contribution in [2.75, 3.05) is 11.9 Å². The molecule has 0 radical (unpaired) electrons. The molecule has 0 atom stereocenters. The Morgan fingerprint density at radius 3 is 1.91 bits per heavy atom. The van der Waals surface area contributed by atoms with E-state index in [1.165, 1.54) is 54.4 Å². The van der Waals surface area contributed by atoms with Gasteiger partial charge in [0.15, 0.2) is 0 Å². The van der Waals surface area contributed by atoms with Gasteiger partial charge >= 0.3 is 0 Å². The van der Waals surface area contributed by atoms with E-state index < -0.39 is 0 Å². The van der Waals surface area contributed by atoms with Crippen LogP contribution in [0.2, 0.25) is 0 Å². The molecular weight excluding hydrogens is 430 g/mol. The Hall–Kier alpha value is -2.29. The average molecular weight is 480 g/mol. The van der Waals surface area contributed by atoms with Crippen LogP contribution in [0.5, 0.6) is 5.75 Å². The molecule has 0 spiro atoms. The summed E-state index contributed by atoms with van der Waals surface area (Å²) in [6.45, 7) is 18.8. The minimum Gasteiger partial charge on any atom is -0.494 e. The van der Waals surface area contributed by atoms with Gasteiger partial charge in [0.2, 0.25) is 5.91 Å². The summed E-state index contributed by atoms with van der Waals surface area (Å²) < 4.78 is 5.85. The van der Waals surface area contributed by atoms with Crippen molar-refractivity contribution in [2.45, 2.75) is 118 Å². The van der Waals surface area contributed by atoms with Gasteiger partial charge in [0, 0.05) is 12.1 Å². The predicted octanol–water partition coefficient (Wildman–Crippen LogP) is 8.90. The first-order chi connectivity index (χ1) is 16.4. The molecule has 0 saturated heterocycles. The molecule has 0 fully saturated rings. The minimum atomic E-state index is 0.0425. The number of amides is 1. The summed E-state index contributed by atoms with van der Waals surface area (Å²) in [7, 11) is 0. The number of nitrogens with one attached hydrogen (secondary N) is 1. The van der Waals surface area contributed by atoms with Gasteiger partial charge in [0.05, 0.1) is 6.61 Å². The molecule has 194 valence electrons. The van der Waals surface area contributed by atoms with E-state index in [1.54, 1.807) is 0 Å². The van der Waals surface area contributed by atoms with Crippen LogP contribution in [0.3, 0.4) is 0 Å². The number of ether oxygens (including phenoxy) is 1. The van der Waals surface area contributed by atoms with Crippen LogP contribution < -0.4 is 10.1 Å². The number of aryl methyl sites for hydroxylation is 1. The van der Waals surface area contributed by atoms with E-state index in [2.05, 4.69) is 72.8 Å². The summed E-state index contributed by atoms with van der Waals surface area (Å²) in [5.74, 6) is 0.904. The Balaban J connectivity index is 1.90. The third kappa shape index (κ3) is 9.70. The molecule has 3 heteroatoms. The monoisotopic (exact) mass is 479 g/mol. The van der Waals surface area contributed by atoms with Crippen molar-refractivity contribution in [2.24, 2.45) is 0 Å². The zero-order valence-corrected chi connectivity index (χ0v) is 23.6. The lowest BCUT2D eigenvalue weighted by Crippen LogP contribution is -2.20. The summed E-state index contributed by atoms with van der Waals surface area (Å²) in [5.41, 5.74) is 6.31. The number of carbonyl (C=O) groups is 1. The average Bonchev–Trinajstić information content (AvgIpc) is 2.77. The zero-order chi connectivity index (χ0) is 26.1. The van der Waals surface area contributed by atoms with Crippen molar-refractivity contribution < 1.29 is 9.53 Å². The van der Waals surface area contributed by atoms with Gasteiger partial charge in [-0.2, -0.15) is 0 Å². The van der Waals surface area contributed by atoms with E-state index in [-0.39, 0.29) is 16.7 Å². The topological polar surface area (TPSA) is 38.3 Å². The maximum absolute atomic E-state index is 12.7. The molecule has 0 saturated carbocycles. The van der Waals surface area contributed by atoms with Crippen LogP contribution in [0.4, 0.5) is 5.69 Å². The van der Waals surface area contributed by atoms with Gasteiger partial charge in [-0.3, -0.25) is 4.79 Å². The van der Waals surface area contributed by atoms with Crippen LogP contribution in [0, 0.1) is 6.92 Å². The highest BCUT2D eigenvalue weighted by molar-refractivity contribution is 5.90. The summed E-state index contributed by atoms with van der Waals surface area (Å²) in [4.78, 5) is 12.7. The Bertz CT molecular complexity index is 895. The van der Waals surface area contributed by atoms with Crippen molar-refractivity contribution >= 4 is 11.6 Å². The van der Waals surface area contributed by atoms with Crippen LogP contribution in [-0.2, 0) is 22.0 Å². The van der Waals surface area contributed by atoms with Crippen molar-refractivity contribution in [1.29, 1.82) is 0 Å². The number of unbranched alkanes of at least 4 members (excludes halogenated alkanes) is 5. The van der Waals surface area contributed by atoms with E-state index in [9.17, 15) is 4.79 Å².